The summed E-state index contributed by atoms with van der Waals surface area (Å²) in [6.07, 6.45) is 27.4. The Labute approximate surface area is 229 Å². The van der Waals surface area contributed by atoms with Crippen LogP contribution in [0.2, 0.25) is 0 Å². The van der Waals surface area contributed by atoms with Crippen LogP contribution in [0.15, 0.2) is 9.98 Å². The summed E-state index contributed by atoms with van der Waals surface area (Å²) in [5.41, 5.74) is 0. The third kappa shape index (κ3) is 8.36. The number of aliphatic imine (C=N–C) groups is 2. The van der Waals surface area contributed by atoms with E-state index in [-0.39, 0.29) is 6.04 Å². The van der Waals surface area contributed by atoms with Crippen molar-refractivity contribution in [2.75, 3.05) is 0 Å². The molecule has 5 nitrogen and oxygen atoms in total. The minimum atomic E-state index is 0.238. The molecule has 4 saturated carbocycles. The molecular weight excluding hydrogens is 454 g/mol. The molecule has 212 valence electrons. The van der Waals surface area contributed by atoms with Crippen LogP contribution in [0, 0.1) is 0 Å². The fraction of sp³-hybridized carbons (Fsp3) is 0.938. The van der Waals surface area contributed by atoms with Crippen LogP contribution in [-0.4, -0.2) is 58.0 Å². The van der Waals surface area contributed by atoms with Gasteiger partial charge in [0.1, 0.15) is 0 Å². The first-order valence-electron chi connectivity index (χ1n) is 16.5. The van der Waals surface area contributed by atoms with Gasteiger partial charge in [0.2, 0.25) is 11.9 Å². The predicted octanol–water partition coefficient (Wildman–Crippen LogP) is 8.04. The Morgan fingerprint density at radius 2 is 0.865 bits per heavy atom. The van der Waals surface area contributed by atoms with Gasteiger partial charge in [-0.3, -0.25) is 0 Å². The van der Waals surface area contributed by atoms with E-state index in [2.05, 4.69) is 42.8 Å². The highest BCUT2D eigenvalue weighted by Crippen LogP contribution is 2.36. The topological polar surface area (TPSA) is 43.2 Å². The molecule has 4 aliphatic carbocycles. The maximum atomic E-state index is 5.67. The molecule has 0 atom stereocenters. The van der Waals surface area contributed by atoms with E-state index in [1.54, 1.807) is 0 Å². The zero-order valence-corrected chi connectivity index (χ0v) is 24.9. The van der Waals surface area contributed by atoms with E-state index >= 15 is 0 Å². The van der Waals surface area contributed by atoms with Gasteiger partial charge in [-0.1, -0.05) is 77.0 Å². The number of hydrogen-bond acceptors (Lipinski definition) is 1. The molecule has 4 fully saturated rings. The molecule has 0 aromatic rings. The second-order valence-corrected chi connectivity index (χ2v) is 13.2. The Balaban J connectivity index is 1.82. The standard InChI is InChI=1S/C32H59N5/c1-25(2)33-31(34-26(3)4)35-32(36(27-17-9-5-10-18-27)28-19-11-6-12-20-28)37(29-21-13-7-14-22-29)30-23-15-8-16-24-30/h25-30H,5-24H2,1-4H3,(H,33,34). The molecule has 0 spiro atoms. The smallest absolute Gasteiger partial charge is 0.221 e. The summed E-state index contributed by atoms with van der Waals surface area (Å²) in [5, 5.41) is 3.67. The number of rotatable bonds is 6. The largest absolute Gasteiger partial charge is 0.352 e. The Morgan fingerprint density at radius 3 is 1.14 bits per heavy atom. The summed E-state index contributed by atoms with van der Waals surface area (Å²) in [5.74, 6) is 2.19. The summed E-state index contributed by atoms with van der Waals surface area (Å²) < 4.78 is 0. The summed E-state index contributed by atoms with van der Waals surface area (Å²) >= 11 is 0. The van der Waals surface area contributed by atoms with E-state index in [9.17, 15) is 0 Å². The molecule has 0 aromatic heterocycles. The molecule has 1 N–H and O–H groups in total. The molecule has 0 aliphatic heterocycles. The van der Waals surface area contributed by atoms with Crippen LogP contribution in [0.3, 0.4) is 0 Å². The van der Waals surface area contributed by atoms with Crippen LogP contribution < -0.4 is 5.32 Å². The molecule has 37 heavy (non-hydrogen) atoms. The third-order valence-electron chi connectivity index (χ3n) is 9.34. The minimum absolute atomic E-state index is 0.238. The molecule has 4 rings (SSSR count). The van der Waals surface area contributed by atoms with Crippen molar-refractivity contribution in [1.29, 1.82) is 0 Å². The maximum absolute atomic E-state index is 5.67. The zero-order valence-electron chi connectivity index (χ0n) is 24.9. The Kier molecular flexibility index (Phi) is 11.5. The molecular formula is C32H59N5. The van der Waals surface area contributed by atoms with Crippen molar-refractivity contribution >= 4 is 11.9 Å². The van der Waals surface area contributed by atoms with Crippen LogP contribution in [-0.2, 0) is 0 Å². The first kappa shape index (κ1) is 28.7. The highest BCUT2D eigenvalue weighted by Gasteiger charge is 2.39. The zero-order chi connectivity index (χ0) is 26.0. The Bertz CT molecular complexity index is 627. The third-order valence-corrected chi connectivity index (χ3v) is 9.34. The van der Waals surface area contributed by atoms with Gasteiger partial charge in [-0.05, 0) is 79.1 Å². The first-order chi connectivity index (χ1) is 18.0. The lowest BCUT2D eigenvalue weighted by Crippen LogP contribution is -2.60. The second kappa shape index (κ2) is 14.8. The highest BCUT2D eigenvalue weighted by atomic mass is 15.4. The van der Waals surface area contributed by atoms with Crippen LogP contribution >= 0.6 is 0 Å². The summed E-state index contributed by atoms with van der Waals surface area (Å²) in [7, 11) is 0. The number of nitrogens with one attached hydrogen (secondary N) is 1. The van der Waals surface area contributed by atoms with Crippen molar-refractivity contribution in [3.05, 3.63) is 0 Å². The van der Waals surface area contributed by atoms with Gasteiger partial charge in [-0.2, -0.15) is 4.99 Å². The van der Waals surface area contributed by atoms with Crippen molar-refractivity contribution in [2.24, 2.45) is 9.98 Å². The average Bonchev–Trinajstić information content (AvgIpc) is 2.91. The van der Waals surface area contributed by atoms with Gasteiger partial charge in [0.15, 0.2) is 0 Å². The van der Waals surface area contributed by atoms with Crippen LogP contribution in [0.4, 0.5) is 0 Å². The van der Waals surface area contributed by atoms with E-state index in [1.807, 2.05) is 0 Å². The van der Waals surface area contributed by atoms with E-state index in [0.717, 1.165) is 5.96 Å². The van der Waals surface area contributed by atoms with E-state index in [1.165, 1.54) is 134 Å². The van der Waals surface area contributed by atoms with Gasteiger partial charge in [-0.25, -0.2) is 4.99 Å². The van der Waals surface area contributed by atoms with E-state index < -0.39 is 0 Å². The fourth-order valence-electron chi connectivity index (χ4n) is 7.63. The molecule has 0 amide bonds. The van der Waals surface area contributed by atoms with Crippen molar-refractivity contribution in [3.63, 3.8) is 0 Å². The molecule has 0 radical (unpaired) electrons. The number of hydrogen-bond donors (Lipinski definition) is 1. The monoisotopic (exact) mass is 513 g/mol. The molecule has 0 unspecified atom stereocenters. The van der Waals surface area contributed by atoms with Gasteiger partial charge < -0.3 is 15.1 Å². The van der Waals surface area contributed by atoms with E-state index in [0.29, 0.717) is 30.2 Å². The summed E-state index contributed by atoms with van der Waals surface area (Å²) in [6, 6.07) is 3.14. The summed E-state index contributed by atoms with van der Waals surface area (Å²) in [4.78, 5) is 16.6. The maximum Gasteiger partial charge on any atom is 0.221 e. The van der Waals surface area contributed by atoms with Gasteiger partial charge in [-0.15, -0.1) is 0 Å². The molecule has 0 heterocycles. The van der Waals surface area contributed by atoms with Gasteiger partial charge in [0.05, 0.1) is 0 Å². The van der Waals surface area contributed by atoms with Crippen molar-refractivity contribution in [3.8, 4) is 0 Å². The minimum Gasteiger partial charge on any atom is -0.352 e. The van der Waals surface area contributed by atoms with Gasteiger partial charge in [0.25, 0.3) is 0 Å². The SMILES string of the molecule is CC(C)/N=C(\N=C(N(C1CCCCC1)C1CCCCC1)N(C1CCCCC1)C1CCCCC1)NC(C)C. The lowest BCUT2D eigenvalue weighted by molar-refractivity contribution is 0.0930. The van der Waals surface area contributed by atoms with Gasteiger partial charge in [0, 0.05) is 36.3 Å². The van der Waals surface area contributed by atoms with Crippen LogP contribution in [0.1, 0.15) is 156 Å². The molecule has 0 aromatic carbocycles. The average molecular weight is 514 g/mol. The molecule has 0 saturated heterocycles. The predicted molar refractivity (Wildman–Crippen MR) is 159 cm³/mol. The van der Waals surface area contributed by atoms with Crippen molar-refractivity contribution in [1.82, 2.24) is 15.1 Å². The van der Waals surface area contributed by atoms with Crippen LogP contribution in [0.5, 0.6) is 0 Å². The summed E-state index contributed by atoms with van der Waals surface area (Å²) in [6.45, 7) is 8.84. The number of nitrogens with zero attached hydrogens (tertiary/aromatic N) is 4. The molecule has 5 heteroatoms. The normalized spacial score (nSPS) is 23.9. The Hall–Kier alpha value is -1.26. The lowest BCUT2D eigenvalue weighted by atomic mass is 9.87. The fourth-order valence-corrected chi connectivity index (χ4v) is 7.63. The van der Waals surface area contributed by atoms with E-state index in [4.69, 9.17) is 9.98 Å². The highest BCUT2D eigenvalue weighted by molar-refractivity contribution is 5.95. The lowest BCUT2D eigenvalue weighted by Gasteiger charge is -2.51. The van der Waals surface area contributed by atoms with Crippen molar-refractivity contribution < 1.29 is 0 Å². The first-order valence-corrected chi connectivity index (χ1v) is 16.5. The molecule has 4 aliphatic rings. The van der Waals surface area contributed by atoms with Crippen molar-refractivity contribution in [2.45, 2.75) is 192 Å². The van der Waals surface area contributed by atoms with Gasteiger partial charge >= 0.3 is 0 Å². The number of guanidine groups is 2. The quantitative estimate of drug-likeness (QED) is 0.289. The second-order valence-electron chi connectivity index (χ2n) is 13.2. The Morgan fingerprint density at radius 1 is 0.541 bits per heavy atom. The van der Waals surface area contributed by atoms with Crippen LogP contribution in [0.25, 0.3) is 0 Å². The molecule has 0 bridgehead atoms.